The van der Waals surface area contributed by atoms with Crippen molar-refractivity contribution in [1.82, 2.24) is 15.0 Å². The Balaban J connectivity index is 2.62. The number of aromatic nitrogens is 3. The highest BCUT2D eigenvalue weighted by molar-refractivity contribution is 5.34. The number of hydrogen-bond acceptors (Lipinski definition) is 3. The fourth-order valence-corrected chi connectivity index (χ4v) is 1.52. The molecule has 1 aromatic heterocycles. The van der Waals surface area contributed by atoms with E-state index < -0.39 is 24.2 Å². The Kier molecular flexibility index (Phi) is 3.04. The van der Waals surface area contributed by atoms with Gasteiger partial charge in [-0.15, -0.1) is 5.10 Å². The van der Waals surface area contributed by atoms with E-state index in [1.54, 1.807) is 0 Å². The predicted octanol–water partition coefficient (Wildman–Crippen LogP) is 1.88. The monoisotopic (exact) mass is 260 g/mol. The summed E-state index contributed by atoms with van der Waals surface area (Å²) in [6.07, 6.45) is -4.66. The van der Waals surface area contributed by atoms with Crippen LogP contribution in [0.15, 0.2) is 24.3 Å². The number of alkyl halides is 3. The molecule has 0 unspecified atom stereocenters. The van der Waals surface area contributed by atoms with Crippen molar-refractivity contribution in [2.24, 2.45) is 5.73 Å². The van der Waals surface area contributed by atoms with Crippen molar-refractivity contribution >= 4 is 0 Å². The second kappa shape index (κ2) is 4.37. The van der Waals surface area contributed by atoms with E-state index in [1.165, 1.54) is 12.1 Å². The van der Waals surface area contributed by atoms with E-state index >= 15 is 0 Å². The summed E-state index contributed by atoms with van der Waals surface area (Å²) in [5.41, 5.74) is 3.65. The molecule has 0 atom stereocenters. The Labute approximate surface area is 99.0 Å². The van der Waals surface area contributed by atoms with E-state index in [0.29, 0.717) is 4.68 Å². The minimum absolute atomic E-state index is 0.0606. The van der Waals surface area contributed by atoms with Crippen LogP contribution in [0.2, 0.25) is 0 Å². The molecule has 1 heterocycles. The summed E-state index contributed by atoms with van der Waals surface area (Å²) in [6, 6.07) is 4.64. The fourth-order valence-electron chi connectivity index (χ4n) is 1.52. The van der Waals surface area contributed by atoms with Crippen LogP contribution in [0, 0.1) is 5.82 Å². The van der Waals surface area contributed by atoms with Gasteiger partial charge in [-0.2, -0.15) is 13.2 Å². The van der Waals surface area contributed by atoms with Crippen LogP contribution in [0.5, 0.6) is 0 Å². The highest BCUT2D eigenvalue weighted by Gasteiger charge is 2.39. The molecule has 0 aliphatic rings. The van der Waals surface area contributed by atoms with Gasteiger partial charge in [-0.05, 0) is 18.2 Å². The molecular weight excluding hydrogens is 252 g/mol. The van der Waals surface area contributed by atoms with E-state index in [9.17, 15) is 17.6 Å². The molecule has 4 nitrogen and oxygen atoms in total. The van der Waals surface area contributed by atoms with Gasteiger partial charge in [-0.25, -0.2) is 9.07 Å². The fraction of sp³-hybridized carbons (Fsp3) is 0.200. The molecule has 2 N–H and O–H groups in total. The first-order chi connectivity index (χ1) is 8.43. The molecule has 0 amide bonds. The molecule has 0 fully saturated rings. The lowest BCUT2D eigenvalue weighted by Crippen LogP contribution is -2.16. The number of benzene rings is 1. The summed E-state index contributed by atoms with van der Waals surface area (Å²) in [4.78, 5) is 0. The summed E-state index contributed by atoms with van der Waals surface area (Å²) >= 11 is 0. The largest absolute Gasteiger partial charge is 0.435 e. The van der Waals surface area contributed by atoms with Gasteiger partial charge in [0.05, 0.1) is 5.69 Å². The van der Waals surface area contributed by atoms with Gasteiger partial charge >= 0.3 is 6.18 Å². The first-order valence-corrected chi connectivity index (χ1v) is 4.91. The van der Waals surface area contributed by atoms with E-state index in [0.717, 1.165) is 12.1 Å². The van der Waals surface area contributed by atoms with Crippen LogP contribution in [-0.4, -0.2) is 15.0 Å². The van der Waals surface area contributed by atoms with Crippen LogP contribution < -0.4 is 5.73 Å². The summed E-state index contributed by atoms with van der Waals surface area (Å²) in [5.74, 6) is -0.662. The Bertz CT molecular complexity index is 561. The van der Waals surface area contributed by atoms with E-state index in [2.05, 4.69) is 10.3 Å². The second-order valence-electron chi connectivity index (χ2n) is 3.48. The Morgan fingerprint density at radius 2 is 2.00 bits per heavy atom. The molecule has 18 heavy (non-hydrogen) atoms. The van der Waals surface area contributed by atoms with Crippen molar-refractivity contribution < 1.29 is 17.6 Å². The van der Waals surface area contributed by atoms with Crippen LogP contribution in [-0.2, 0) is 12.7 Å². The Morgan fingerprint density at radius 1 is 1.28 bits per heavy atom. The number of rotatable bonds is 2. The zero-order chi connectivity index (χ0) is 13.3. The molecule has 8 heteroatoms. The van der Waals surface area contributed by atoms with E-state index in [4.69, 9.17) is 5.73 Å². The average molecular weight is 260 g/mol. The van der Waals surface area contributed by atoms with Gasteiger partial charge in [0.25, 0.3) is 0 Å². The highest BCUT2D eigenvalue weighted by atomic mass is 19.4. The minimum Gasteiger partial charge on any atom is -0.325 e. The number of nitrogens with zero attached hydrogens (tertiary/aromatic N) is 3. The zero-order valence-corrected chi connectivity index (χ0v) is 8.95. The zero-order valence-electron chi connectivity index (χ0n) is 8.95. The van der Waals surface area contributed by atoms with Crippen molar-refractivity contribution in [3.63, 3.8) is 0 Å². The molecule has 0 aliphatic heterocycles. The normalized spacial score (nSPS) is 11.8. The molecule has 2 rings (SSSR count). The third kappa shape index (κ3) is 2.19. The van der Waals surface area contributed by atoms with Gasteiger partial charge in [0.2, 0.25) is 0 Å². The first kappa shape index (κ1) is 12.5. The molecule has 0 saturated carbocycles. The smallest absolute Gasteiger partial charge is 0.325 e. The van der Waals surface area contributed by atoms with Crippen molar-refractivity contribution in [2.45, 2.75) is 12.7 Å². The topological polar surface area (TPSA) is 56.7 Å². The number of nitrogens with two attached hydrogens (primary N) is 1. The van der Waals surface area contributed by atoms with Gasteiger partial charge in [-0.3, -0.25) is 0 Å². The molecule has 96 valence electrons. The molecule has 0 spiro atoms. The first-order valence-electron chi connectivity index (χ1n) is 4.91. The number of hydrogen-bond donors (Lipinski definition) is 1. The third-order valence-corrected chi connectivity index (χ3v) is 2.25. The molecular formula is C10H8F4N4. The second-order valence-corrected chi connectivity index (χ2v) is 3.48. The van der Waals surface area contributed by atoms with Crippen molar-refractivity contribution in [3.8, 4) is 5.69 Å². The van der Waals surface area contributed by atoms with Gasteiger partial charge in [0.15, 0.2) is 5.69 Å². The maximum atomic E-state index is 13.0. The average Bonchev–Trinajstić information content (AvgIpc) is 2.72. The summed E-state index contributed by atoms with van der Waals surface area (Å²) in [5, 5.41) is 6.72. The van der Waals surface area contributed by atoms with Crippen molar-refractivity contribution in [1.29, 1.82) is 0 Å². The molecule has 0 saturated heterocycles. The quantitative estimate of drug-likeness (QED) is 0.839. The molecule has 0 aliphatic carbocycles. The van der Waals surface area contributed by atoms with E-state index in [-0.39, 0.29) is 11.4 Å². The third-order valence-electron chi connectivity index (χ3n) is 2.25. The van der Waals surface area contributed by atoms with Gasteiger partial charge in [0, 0.05) is 6.54 Å². The van der Waals surface area contributed by atoms with Crippen LogP contribution >= 0.6 is 0 Å². The van der Waals surface area contributed by atoms with Gasteiger partial charge in [0.1, 0.15) is 11.5 Å². The maximum Gasteiger partial charge on any atom is 0.435 e. The number of halogens is 4. The molecule has 1 aromatic carbocycles. The molecule has 2 aromatic rings. The summed E-state index contributed by atoms with van der Waals surface area (Å²) in [6.45, 7) is -0.399. The van der Waals surface area contributed by atoms with Crippen molar-refractivity contribution in [3.05, 3.63) is 41.5 Å². The van der Waals surface area contributed by atoms with Crippen molar-refractivity contribution in [2.75, 3.05) is 0 Å². The Morgan fingerprint density at radius 3 is 2.56 bits per heavy atom. The minimum atomic E-state index is -4.66. The molecule has 0 radical (unpaired) electrons. The summed E-state index contributed by atoms with van der Waals surface area (Å²) in [7, 11) is 0. The van der Waals surface area contributed by atoms with Crippen LogP contribution in [0.4, 0.5) is 17.6 Å². The highest BCUT2D eigenvalue weighted by Crippen LogP contribution is 2.32. The van der Waals surface area contributed by atoms with E-state index in [1.807, 2.05) is 0 Å². The Hall–Kier alpha value is -1.96. The lowest BCUT2D eigenvalue weighted by atomic mass is 10.2. The van der Waals surface area contributed by atoms with Crippen LogP contribution in [0.1, 0.15) is 11.4 Å². The summed E-state index contributed by atoms with van der Waals surface area (Å²) < 4.78 is 52.1. The van der Waals surface area contributed by atoms with Crippen LogP contribution in [0.25, 0.3) is 5.69 Å². The van der Waals surface area contributed by atoms with Gasteiger partial charge < -0.3 is 5.73 Å². The van der Waals surface area contributed by atoms with Crippen LogP contribution in [0.3, 0.4) is 0 Å². The van der Waals surface area contributed by atoms with Gasteiger partial charge in [-0.1, -0.05) is 11.3 Å². The standard InChI is InChI=1S/C10H8F4N4/c11-6-2-1-3-7(4-6)18-9(10(12,13)14)8(5-15)16-17-18/h1-4H,5,15H2. The lowest BCUT2D eigenvalue weighted by molar-refractivity contribution is -0.143. The SMILES string of the molecule is NCc1nnn(-c2cccc(F)c2)c1C(F)(F)F. The molecule has 0 bridgehead atoms. The predicted molar refractivity (Wildman–Crippen MR) is 54.2 cm³/mol. The lowest BCUT2D eigenvalue weighted by Gasteiger charge is -2.10. The maximum absolute atomic E-state index is 13.0.